The fraction of sp³-hybridized carbons (Fsp3) is 0.188. The number of fused-ring (bicyclic) bond motifs is 1. The molecule has 0 spiro atoms. The lowest BCUT2D eigenvalue weighted by Gasteiger charge is -2.17. The third kappa shape index (κ3) is 2.91. The largest absolute Gasteiger partial charge is 0.338 e. The molecule has 0 unspecified atom stereocenters. The molecule has 0 aliphatic heterocycles. The van der Waals surface area contributed by atoms with Gasteiger partial charge in [-0.15, -0.1) is 0 Å². The van der Waals surface area contributed by atoms with Crippen LogP contribution < -0.4 is 0 Å². The van der Waals surface area contributed by atoms with E-state index in [4.69, 9.17) is 0 Å². The smallest absolute Gasteiger partial charge is 0.242 e. The summed E-state index contributed by atoms with van der Waals surface area (Å²) in [5.41, 5.74) is 1.85. The first-order valence-electron chi connectivity index (χ1n) is 6.77. The molecular formula is C16H16N4O. The van der Waals surface area contributed by atoms with E-state index in [2.05, 4.69) is 9.97 Å². The number of rotatable bonds is 4. The van der Waals surface area contributed by atoms with Gasteiger partial charge in [0.2, 0.25) is 5.91 Å². The Morgan fingerprint density at radius 2 is 2.10 bits per heavy atom. The number of hydrogen-bond acceptors (Lipinski definition) is 3. The highest BCUT2D eigenvalue weighted by molar-refractivity contribution is 5.83. The van der Waals surface area contributed by atoms with Crippen LogP contribution in [-0.2, 0) is 17.9 Å². The highest BCUT2D eigenvalue weighted by atomic mass is 16.2. The number of aromatic nitrogens is 3. The third-order valence-electron chi connectivity index (χ3n) is 3.43. The first kappa shape index (κ1) is 13.3. The molecule has 0 fully saturated rings. The molecule has 0 atom stereocenters. The Morgan fingerprint density at radius 3 is 2.90 bits per heavy atom. The molecule has 5 heteroatoms. The Hall–Kier alpha value is -2.69. The average Bonchev–Trinajstić information content (AvgIpc) is 2.91. The zero-order valence-electron chi connectivity index (χ0n) is 11.8. The monoisotopic (exact) mass is 280 g/mol. The van der Waals surface area contributed by atoms with Gasteiger partial charge in [0.1, 0.15) is 6.54 Å². The lowest BCUT2D eigenvalue weighted by atomic mass is 10.2. The normalized spacial score (nSPS) is 10.7. The highest BCUT2D eigenvalue weighted by Crippen LogP contribution is 2.15. The van der Waals surface area contributed by atoms with Crippen LogP contribution in [0.4, 0.5) is 0 Å². The van der Waals surface area contributed by atoms with Crippen molar-refractivity contribution in [2.45, 2.75) is 13.1 Å². The molecule has 0 saturated heterocycles. The maximum absolute atomic E-state index is 12.3. The van der Waals surface area contributed by atoms with Crippen molar-refractivity contribution in [1.82, 2.24) is 19.4 Å². The van der Waals surface area contributed by atoms with Gasteiger partial charge < -0.3 is 9.47 Å². The van der Waals surface area contributed by atoms with E-state index < -0.39 is 0 Å². The number of benzene rings is 1. The van der Waals surface area contributed by atoms with Crippen LogP contribution in [0, 0.1) is 0 Å². The van der Waals surface area contributed by atoms with Gasteiger partial charge in [0.15, 0.2) is 0 Å². The number of para-hydroxylation sites is 1. The Labute approximate surface area is 122 Å². The second kappa shape index (κ2) is 5.75. The summed E-state index contributed by atoms with van der Waals surface area (Å²) < 4.78 is 1.96. The van der Waals surface area contributed by atoms with E-state index in [9.17, 15) is 4.79 Å². The van der Waals surface area contributed by atoms with Crippen LogP contribution in [0.1, 0.15) is 5.69 Å². The quantitative estimate of drug-likeness (QED) is 0.735. The van der Waals surface area contributed by atoms with E-state index in [0.29, 0.717) is 13.1 Å². The molecule has 5 nitrogen and oxygen atoms in total. The summed E-state index contributed by atoms with van der Waals surface area (Å²) in [4.78, 5) is 22.2. The van der Waals surface area contributed by atoms with Crippen LogP contribution in [0.3, 0.4) is 0 Å². The van der Waals surface area contributed by atoms with Crippen molar-refractivity contribution in [3.63, 3.8) is 0 Å². The molecular weight excluding hydrogens is 264 g/mol. The summed E-state index contributed by atoms with van der Waals surface area (Å²) in [5, 5.41) is 1.14. The summed E-state index contributed by atoms with van der Waals surface area (Å²) >= 11 is 0. The summed E-state index contributed by atoms with van der Waals surface area (Å²) in [5.74, 6) is 0.0435. The standard InChI is InChI=1S/C16H16N4O/c1-19(11-14-10-17-7-8-18-14)16(21)12-20-9-6-13-4-2-3-5-15(13)20/h2-10H,11-12H2,1H3. The zero-order chi connectivity index (χ0) is 14.7. The summed E-state index contributed by atoms with van der Waals surface area (Å²) in [7, 11) is 1.78. The van der Waals surface area contributed by atoms with Crippen molar-refractivity contribution in [2.75, 3.05) is 7.05 Å². The van der Waals surface area contributed by atoms with Gasteiger partial charge in [0.25, 0.3) is 0 Å². The molecule has 3 rings (SSSR count). The lowest BCUT2D eigenvalue weighted by Crippen LogP contribution is -2.29. The molecule has 1 amide bonds. The summed E-state index contributed by atoms with van der Waals surface area (Å²) in [6.45, 7) is 0.788. The summed E-state index contributed by atoms with van der Waals surface area (Å²) in [6.07, 6.45) is 6.87. The average molecular weight is 280 g/mol. The predicted octanol–water partition coefficient (Wildman–Crippen LogP) is 2.09. The van der Waals surface area contributed by atoms with Crippen LogP contribution in [0.2, 0.25) is 0 Å². The minimum atomic E-state index is 0.0435. The molecule has 0 bridgehead atoms. The Bertz CT molecular complexity index is 751. The molecule has 21 heavy (non-hydrogen) atoms. The van der Waals surface area contributed by atoms with Crippen LogP contribution >= 0.6 is 0 Å². The van der Waals surface area contributed by atoms with Crippen molar-refractivity contribution in [3.05, 3.63) is 60.8 Å². The van der Waals surface area contributed by atoms with Gasteiger partial charge in [-0.05, 0) is 17.5 Å². The van der Waals surface area contributed by atoms with Gasteiger partial charge in [-0.25, -0.2) is 0 Å². The maximum atomic E-state index is 12.3. The van der Waals surface area contributed by atoms with Gasteiger partial charge in [0, 0.05) is 31.2 Å². The number of amides is 1. The van der Waals surface area contributed by atoms with Crippen LogP contribution in [0.5, 0.6) is 0 Å². The van der Waals surface area contributed by atoms with E-state index in [-0.39, 0.29) is 5.91 Å². The molecule has 0 aliphatic carbocycles. The molecule has 3 aromatic rings. The minimum absolute atomic E-state index is 0.0435. The Kier molecular flexibility index (Phi) is 3.64. The number of carbonyl (C=O) groups is 1. The van der Waals surface area contributed by atoms with E-state index in [1.807, 2.05) is 41.1 Å². The summed E-state index contributed by atoms with van der Waals surface area (Å²) in [6, 6.07) is 10.1. The SMILES string of the molecule is CN(Cc1cnccn1)C(=O)Cn1ccc2ccccc21. The molecule has 2 heterocycles. The fourth-order valence-electron chi connectivity index (χ4n) is 2.29. The van der Waals surface area contributed by atoms with Crippen molar-refractivity contribution in [2.24, 2.45) is 0 Å². The number of likely N-dealkylation sites (N-methyl/N-ethyl adjacent to an activating group) is 1. The molecule has 2 aromatic heterocycles. The molecule has 0 saturated carbocycles. The van der Waals surface area contributed by atoms with Gasteiger partial charge in [-0.3, -0.25) is 14.8 Å². The van der Waals surface area contributed by atoms with E-state index >= 15 is 0 Å². The Balaban J connectivity index is 1.71. The number of carbonyl (C=O) groups excluding carboxylic acids is 1. The van der Waals surface area contributed by atoms with Gasteiger partial charge in [0.05, 0.1) is 18.4 Å². The van der Waals surface area contributed by atoms with Gasteiger partial charge in [-0.2, -0.15) is 0 Å². The van der Waals surface area contributed by atoms with Crippen molar-refractivity contribution in [1.29, 1.82) is 0 Å². The minimum Gasteiger partial charge on any atom is -0.338 e. The van der Waals surface area contributed by atoms with E-state index in [1.54, 1.807) is 30.5 Å². The Morgan fingerprint density at radius 1 is 1.24 bits per heavy atom. The van der Waals surface area contributed by atoms with Crippen LogP contribution in [0.25, 0.3) is 10.9 Å². The van der Waals surface area contributed by atoms with Gasteiger partial charge in [-0.1, -0.05) is 18.2 Å². The molecule has 1 aromatic carbocycles. The van der Waals surface area contributed by atoms with Crippen LogP contribution in [0.15, 0.2) is 55.1 Å². The van der Waals surface area contributed by atoms with Crippen molar-refractivity contribution in [3.8, 4) is 0 Å². The number of hydrogen-bond donors (Lipinski definition) is 0. The van der Waals surface area contributed by atoms with Crippen LogP contribution in [-0.4, -0.2) is 32.4 Å². The fourth-order valence-corrected chi connectivity index (χ4v) is 2.29. The van der Waals surface area contributed by atoms with Gasteiger partial charge >= 0.3 is 0 Å². The topological polar surface area (TPSA) is 51.0 Å². The predicted molar refractivity (Wildman–Crippen MR) is 80.4 cm³/mol. The van der Waals surface area contributed by atoms with E-state index in [1.165, 1.54) is 0 Å². The number of nitrogens with zero attached hydrogens (tertiary/aromatic N) is 4. The van der Waals surface area contributed by atoms with E-state index in [0.717, 1.165) is 16.6 Å². The first-order valence-corrected chi connectivity index (χ1v) is 6.77. The second-order valence-electron chi connectivity index (χ2n) is 4.95. The molecule has 106 valence electrons. The lowest BCUT2D eigenvalue weighted by molar-refractivity contribution is -0.131. The zero-order valence-corrected chi connectivity index (χ0v) is 11.8. The molecule has 0 aliphatic rings. The molecule has 0 radical (unpaired) electrons. The maximum Gasteiger partial charge on any atom is 0.242 e. The molecule has 0 N–H and O–H groups in total. The van der Waals surface area contributed by atoms with Crippen molar-refractivity contribution < 1.29 is 4.79 Å². The highest BCUT2D eigenvalue weighted by Gasteiger charge is 2.12. The third-order valence-corrected chi connectivity index (χ3v) is 3.43. The first-order chi connectivity index (χ1) is 10.2. The second-order valence-corrected chi connectivity index (χ2v) is 4.95. The van der Waals surface area contributed by atoms with Crippen molar-refractivity contribution >= 4 is 16.8 Å².